The third-order valence-corrected chi connectivity index (χ3v) is 4.62. The lowest BCUT2D eigenvalue weighted by Crippen LogP contribution is -2.25. The number of anilines is 1. The van der Waals surface area contributed by atoms with E-state index >= 15 is 0 Å². The molecule has 1 aromatic carbocycles. The Balaban J connectivity index is 1.38. The number of amides is 2. The topological polar surface area (TPSA) is 105 Å². The van der Waals surface area contributed by atoms with Crippen LogP contribution in [-0.2, 0) is 24.8 Å². The number of aromatic amines is 1. The summed E-state index contributed by atoms with van der Waals surface area (Å²) in [7, 11) is 1.70. The van der Waals surface area contributed by atoms with Crippen LogP contribution >= 0.6 is 0 Å². The maximum absolute atomic E-state index is 12.5. The zero-order valence-corrected chi connectivity index (χ0v) is 15.9. The highest BCUT2D eigenvalue weighted by Crippen LogP contribution is 2.20. The molecule has 0 fully saturated rings. The van der Waals surface area contributed by atoms with Gasteiger partial charge in [0.2, 0.25) is 5.91 Å². The number of aromatic nitrogens is 3. The molecule has 0 saturated heterocycles. The molecule has 0 aliphatic rings. The van der Waals surface area contributed by atoms with Gasteiger partial charge in [0.1, 0.15) is 5.76 Å². The Hall–Kier alpha value is -3.81. The van der Waals surface area contributed by atoms with Crippen molar-refractivity contribution in [3.05, 3.63) is 72.1 Å². The number of fused-ring (bicyclic) bond motifs is 1. The summed E-state index contributed by atoms with van der Waals surface area (Å²) in [5, 5.41) is 10.8. The average Bonchev–Trinajstić information content (AvgIpc) is 3.45. The van der Waals surface area contributed by atoms with Crippen LogP contribution in [0.2, 0.25) is 0 Å². The normalized spacial score (nSPS) is 10.9. The molecule has 8 heteroatoms. The van der Waals surface area contributed by atoms with Crippen LogP contribution < -0.4 is 10.6 Å². The molecule has 0 saturated carbocycles. The highest BCUT2D eigenvalue weighted by atomic mass is 16.3. The van der Waals surface area contributed by atoms with Crippen LogP contribution in [0.5, 0.6) is 0 Å². The molecule has 0 bridgehead atoms. The molecule has 148 valence electrons. The number of hydrogen-bond acceptors (Lipinski definition) is 4. The third-order valence-electron chi connectivity index (χ3n) is 4.62. The maximum atomic E-state index is 12.5. The Labute approximate surface area is 166 Å². The van der Waals surface area contributed by atoms with E-state index in [4.69, 9.17) is 4.42 Å². The molecule has 29 heavy (non-hydrogen) atoms. The number of furan rings is 1. The second kappa shape index (κ2) is 8.05. The van der Waals surface area contributed by atoms with Gasteiger partial charge < -0.3 is 20.0 Å². The number of carbonyl (C=O) groups excluding carboxylic acids is 2. The molecule has 3 heterocycles. The van der Waals surface area contributed by atoms with Gasteiger partial charge in [0.25, 0.3) is 5.91 Å². The first-order valence-electron chi connectivity index (χ1n) is 9.29. The standard InChI is InChI=1S/C21H21N5O3/c1-26-13-18(20(25-26)21(28)23-12-15-5-4-10-29-15)24-19(27)9-8-14-11-22-17-7-3-2-6-16(14)17/h2-7,10-11,13,22H,8-9,12H2,1H3,(H,23,28)(H,24,27). The molecule has 4 rings (SSSR count). The first kappa shape index (κ1) is 18.5. The zero-order chi connectivity index (χ0) is 20.2. The summed E-state index contributed by atoms with van der Waals surface area (Å²) in [6.45, 7) is 0.246. The lowest BCUT2D eigenvalue weighted by molar-refractivity contribution is -0.116. The molecule has 8 nitrogen and oxygen atoms in total. The summed E-state index contributed by atoms with van der Waals surface area (Å²) in [6.07, 6.45) is 5.98. The van der Waals surface area contributed by atoms with E-state index < -0.39 is 0 Å². The van der Waals surface area contributed by atoms with Crippen LogP contribution in [0.25, 0.3) is 10.9 Å². The lowest BCUT2D eigenvalue weighted by Gasteiger charge is -2.06. The predicted octanol–water partition coefficient (Wildman–Crippen LogP) is 3.00. The fourth-order valence-electron chi connectivity index (χ4n) is 3.21. The smallest absolute Gasteiger partial charge is 0.274 e. The molecular weight excluding hydrogens is 370 g/mol. The van der Waals surface area contributed by atoms with E-state index in [1.807, 2.05) is 30.5 Å². The Morgan fingerprint density at radius 1 is 1.21 bits per heavy atom. The van der Waals surface area contributed by atoms with Gasteiger partial charge in [-0.15, -0.1) is 0 Å². The summed E-state index contributed by atoms with van der Waals surface area (Å²) in [5.41, 5.74) is 2.68. The number of hydrogen-bond donors (Lipinski definition) is 3. The van der Waals surface area contributed by atoms with Crippen LogP contribution in [0.15, 0.2) is 59.5 Å². The minimum atomic E-state index is -0.381. The van der Waals surface area contributed by atoms with Crippen LogP contribution in [0, 0.1) is 0 Å². The van der Waals surface area contributed by atoms with Crippen molar-refractivity contribution in [1.82, 2.24) is 20.1 Å². The lowest BCUT2D eigenvalue weighted by atomic mass is 10.1. The van der Waals surface area contributed by atoms with Gasteiger partial charge in [0.15, 0.2) is 5.69 Å². The molecule has 3 aromatic heterocycles. The molecule has 0 aliphatic heterocycles. The summed E-state index contributed by atoms with van der Waals surface area (Å²) in [5.74, 6) is 0.0795. The van der Waals surface area contributed by atoms with E-state index in [9.17, 15) is 9.59 Å². The molecule has 2 amide bonds. The Kier molecular flexibility index (Phi) is 5.15. The zero-order valence-electron chi connectivity index (χ0n) is 15.9. The molecule has 0 atom stereocenters. The van der Waals surface area contributed by atoms with Crippen molar-refractivity contribution in [2.45, 2.75) is 19.4 Å². The number of carbonyl (C=O) groups is 2. The van der Waals surface area contributed by atoms with Gasteiger partial charge in [-0.3, -0.25) is 14.3 Å². The summed E-state index contributed by atoms with van der Waals surface area (Å²) < 4.78 is 6.70. The number of nitrogens with zero attached hydrogens (tertiary/aromatic N) is 2. The van der Waals surface area contributed by atoms with Gasteiger partial charge in [-0.25, -0.2) is 0 Å². The number of rotatable bonds is 7. The Morgan fingerprint density at radius 2 is 2.07 bits per heavy atom. The van der Waals surface area contributed by atoms with Gasteiger partial charge in [-0.2, -0.15) is 5.10 Å². The van der Waals surface area contributed by atoms with Crippen LogP contribution in [0.1, 0.15) is 28.2 Å². The second-order valence-electron chi connectivity index (χ2n) is 6.73. The van der Waals surface area contributed by atoms with E-state index in [1.165, 1.54) is 4.68 Å². The molecule has 0 unspecified atom stereocenters. The molecule has 0 spiro atoms. The summed E-state index contributed by atoms with van der Waals surface area (Å²) in [4.78, 5) is 28.1. The van der Waals surface area contributed by atoms with Crippen molar-refractivity contribution in [2.24, 2.45) is 7.05 Å². The maximum Gasteiger partial charge on any atom is 0.274 e. The van der Waals surface area contributed by atoms with Crippen LogP contribution in [0.3, 0.4) is 0 Å². The molecule has 0 aliphatic carbocycles. The second-order valence-corrected chi connectivity index (χ2v) is 6.73. The van der Waals surface area contributed by atoms with E-state index in [-0.39, 0.29) is 24.1 Å². The van der Waals surface area contributed by atoms with Crippen molar-refractivity contribution in [3.63, 3.8) is 0 Å². The molecule has 3 N–H and O–H groups in total. The number of nitrogens with one attached hydrogen (secondary N) is 3. The largest absolute Gasteiger partial charge is 0.467 e. The van der Waals surface area contributed by atoms with Gasteiger partial charge in [-0.1, -0.05) is 18.2 Å². The first-order valence-corrected chi connectivity index (χ1v) is 9.29. The molecule has 0 radical (unpaired) electrons. The van der Waals surface area contributed by atoms with Crippen molar-refractivity contribution in [1.29, 1.82) is 0 Å². The van der Waals surface area contributed by atoms with Crippen LogP contribution in [-0.4, -0.2) is 26.6 Å². The van der Waals surface area contributed by atoms with E-state index in [2.05, 4.69) is 20.7 Å². The van der Waals surface area contributed by atoms with Crippen molar-refractivity contribution >= 4 is 28.4 Å². The first-order chi connectivity index (χ1) is 14.1. The highest BCUT2D eigenvalue weighted by Gasteiger charge is 2.18. The van der Waals surface area contributed by atoms with Crippen molar-refractivity contribution in [3.8, 4) is 0 Å². The Bertz CT molecular complexity index is 1140. The van der Waals surface area contributed by atoms with Gasteiger partial charge in [-0.05, 0) is 30.2 Å². The van der Waals surface area contributed by atoms with E-state index in [1.54, 1.807) is 31.6 Å². The number of aryl methyl sites for hydroxylation is 2. The van der Waals surface area contributed by atoms with Gasteiger partial charge in [0.05, 0.1) is 18.5 Å². The minimum absolute atomic E-state index is 0.166. The van der Waals surface area contributed by atoms with Crippen LogP contribution in [0.4, 0.5) is 5.69 Å². The molecular formula is C21H21N5O3. The minimum Gasteiger partial charge on any atom is -0.467 e. The SMILES string of the molecule is Cn1cc(NC(=O)CCc2c[nH]c3ccccc23)c(C(=O)NCc2ccco2)n1. The average molecular weight is 391 g/mol. The Morgan fingerprint density at radius 3 is 2.90 bits per heavy atom. The molecule has 4 aromatic rings. The summed E-state index contributed by atoms with van der Waals surface area (Å²) >= 11 is 0. The predicted molar refractivity (Wildman–Crippen MR) is 108 cm³/mol. The number of H-pyrrole nitrogens is 1. The quantitative estimate of drug-likeness (QED) is 0.450. The third kappa shape index (κ3) is 4.21. The number of para-hydroxylation sites is 1. The van der Waals surface area contributed by atoms with E-state index in [0.717, 1.165) is 16.5 Å². The van der Waals surface area contributed by atoms with Gasteiger partial charge in [0, 0.05) is 36.8 Å². The van der Waals surface area contributed by atoms with Crippen molar-refractivity contribution in [2.75, 3.05) is 5.32 Å². The van der Waals surface area contributed by atoms with E-state index in [0.29, 0.717) is 24.3 Å². The highest BCUT2D eigenvalue weighted by molar-refractivity contribution is 6.02. The summed E-state index contributed by atoms with van der Waals surface area (Å²) in [6, 6.07) is 11.5. The monoisotopic (exact) mass is 391 g/mol. The number of benzene rings is 1. The van der Waals surface area contributed by atoms with Crippen molar-refractivity contribution < 1.29 is 14.0 Å². The fourth-order valence-corrected chi connectivity index (χ4v) is 3.21. The van der Waals surface area contributed by atoms with Gasteiger partial charge >= 0.3 is 0 Å². The fraction of sp³-hybridized carbons (Fsp3) is 0.190.